The van der Waals surface area contributed by atoms with Crippen LogP contribution in [0, 0.1) is 23.2 Å². The Balaban J connectivity index is 1.45. The Labute approximate surface area is 192 Å². The molecule has 2 aliphatic heterocycles. The Kier molecular flexibility index (Phi) is 7.12. The number of carbonyl (C=O) groups excluding carboxylic acids is 1. The van der Waals surface area contributed by atoms with E-state index in [2.05, 4.69) is 32.5 Å². The molecule has 4 rings (SSSR count). The molecule has 10 heteroatoms. The number of benzene rings is 1. The molecular weight excluding hydrogens is 433 g/mol. The van der Waals surface area contributed by atoms with E-state index in [0.29, 0.717) is 6.54 Å². The standard InChI is InChI=1S/C23H31F3N6O/c1-14(29-13-23(24,25)26)15-6-8-17(9-7-15)30-21-20-19(10-11-28-22(20)33)32(31-21)18-5-3-2-4-16(18)12-27/h6-9,14,16,18-21,29-31H,2-5,10-11,13H2,1H3,(H,28,33)/t14-,16+,18-,19?,20?,21?/m0/s1. The van der Waals surface area contributed by atoms with Gasteiger partial charge in [0, 0.05) is 30.4 Å². The van der Waals surface area contributed by atoms with Crippen LogP contribution in [0.4, 0.5) is 18.9 Å². The number of amides is 1. The third-order valence-electron chi connectivity index (χ3n) is 7.06. The van der Waals surface area contributed by atoms with Crippen LogP contribution in [0.3, 0.4) is 0 Å². The van der Waals surface area contributed by atoms with Gasteiger partial charge in [0.2, 0.25) is 5.91 Å². The molecule has 1 amide bonds. The number of nitriles is 1. The number of nitrogens with one attached hydrogen (secondary N) is 4. The van der Waals surface area contributed by atoms with E-state index < -0.39 is 18.8 Å². The Bertz CT molecular complexity index is 870. The smallest absolute Gasteiger partial charge is 0.368 e. The van der Waals surface area contributed by atoms with Crippen LogP contribution in [0.5, 0.6) is 0 Å². The molecular formula is C23H31F3N6O. The van der Waals surface area contributed by atoms with Crippen molar-refractivity contribution < 1.29 is 18.0 Å². The topological polar surface area (TPSA) is 92.2 Å². The molecule has 2 heterocycles. The summed E-state index contributed by atoms with van der Waals surface area (Å²) in [6, 6.07) is 9.32. The molecule has 3 fully saturated rings. The van der Waals surface area contributed by atoms with E-state index in [1.165, 1.54) is 0 Å². The van der Waals surface area contributed by atoms with E-state index in [-0.39, 0.29) is 36.0 Å². The Morgan fingerprint density at radius 1 is 1.18 bits per heavy atom. The maximum Gasteiger partial charge on any atom is 0.401 e. The highest BCUT2D eigenvalue weighted by Crippen LogP contribution is 2.36. The second kappa shape index (κ2) is 9.87. The first kappa shape index (κ1) is 23.8. The predicted molar refractivity (Wildman–Crippen MR) is 118 cm³/mol. The van der Waals surface area contributed by atoms with Crippen molar-refractivity contribution in [3.63, 3.8) is 0 Å². The first-order valence-corrected chi connectivity index (χ1v) is 11.7. The zero-order valence-electron chi connectivity index (χ0n) is 18.7. The second-order valence-electron chi connectivity index (χ2n) is 9.26. The molecule has 0 spiro atoms. The summed E-state index contributed by atoms with van der Waals surface area (Å²) in [5, 5.41) is 20.7. The monoisotopic (exact) mass is 464 g/mol. The van der Waals surface area contributed by atoms with E-state index in [4.69, 9.17) is 0 Å². The van der Waals surface area contributed by atoms with E-state index >= 15 is 0 Å². The fraction of sp³-hybridized carbons (Fsp3) is 0.652. The number of hydrogen-bond acceptors (Lipinski definition) is 6. The maximum absolute atomic E-state index is 12.8. The normalized spacial score (nSPS) is 31.4. The fourth-order valence-electron chi connectivity index (χ4n) is 5.33. The molecule has 1 aromatic rings. The third kappa shape index (κ3) is 5.42. The SMILES string of the molecule is C[C@H](NCC(F)(F)F)c1ccc(NC2NN([C@H]3CCCC[C@@H]3C#N)C3CCNC(=O)C23)cc1. The van der Waals surface area contributed by atoms with Gasteiger partial charge in [-0.15, -0.1) is 0 Å². The van der Waals surface area contributed by atoms with Gasteiger partial charge in [0.25, 0.3) is 0 Å². The Morgan fingerprint density at radius 3 is 2.61 bits per heavy atom. The van der Waals surface area contributed by atoms with Gasteiger partial charge in [0.15, 0.2) is 0 Å². The number of carbonyl (C=O) groups is 1. The highest BCUT2D eigenvalue weighted by atomic mass is 19.4. The lowest BCUT2D eigenvalue weighted by Gasteiger charge is -2.39. The Morgan fingerprint density at radius 2 is 1.91 bits per heavy atom. The molecule has 2 saturated heterocycles. The van der Waals surface area contributed by atoms with Gasteiger partial charge in [-0.25, -0.2) is 10.4 Å². The van der Waals surface area contributed by atoms with Crippen molar-refractivity contribution in [2.75, 3.05) is 18.4 Å². The number of fused-ring (bicyclic) bond motifs is 1. The molecule has 4 N–H and O–H groups in total. The number of hydrogen-bond donors (Lipinski definition) is 4. The molecule has 1 aromatic carbocycles. The molecule has 0 aromatic heterocycles. The summed E-state index contributed by atoms with van der Waals surface area (Å²) in [6.07, 6.45) is 0.172. The summed E-state index contributed by atoms with van der Waals surface area (Å²) in [4.78, 5) is 12.8. The molecule has 0 bridgehead atoms. The van der Waals surface area contributed by atoms with E-state index in [0.717, 1.165) is 43.4 Å². The lowest BCUT2D eigenvalue weighted by molar-refractivity contribution is -0.128. The number of hydrazine groups is 1. The molecule has 0 radical (unpaired) electrons. The van der Waals surface area contributed by atoms with Crippen molar-refractivity contribution in [1.29, 1.82) is 5.26 Å². The molecule has 6 atom stereocenters. The second-order valence-corrected chi connectivity index (χ2v) is 9.26. The van der Waals surface area contributed by atoms with Gasteiger partial charge in [0.05, 0.1) is 24.4 Å². The number of halogens is 3. The Hall–Kier alpha value is -2.35. The summed E-state index contributed by atoms with van der Waals surface area (Å²) >= 11 is 0. The minimum atomic E-state index is -4.25. The minimum absolute atomic E-state index is 0.00957. The predicted octanol–water partition coefficient (Wildman–Crippen LogP) is 3.04. The van der Waals surface area contributed by atoms with Crippen molar-refractivity contribution in [2.24, 2.45) is 11.8 Å². The molecule has 180 valence electrons. The van der Waals surface area contributed by atoms with Gasteiger partial charge in [0.1, 0.15) is 6.17 Å². The van der Waals surface area contributed by atoms with Crippen molar-refractivity contribution >= 4 is 11.6 Å². The first-order valence-electron chi connectivity index (χ1n) is 11.7. The summed E-state index contributed by atoms with van der Waals surface area (Å²) < 4.78 is 37.4. The van der Waals surface area contributed by atoms with Crippen LogP contribution in [0.2, 0.25) is 0 Å². The summed E-state index contributed by atoms with van der Waals surface area (Å²) in [5.74, 6) is -0.364. The van der Waals surface area contributed by atoms with Gasteiger partial charge in [-0.05, 0) is 43.9 Å². The van der Waals surface area contributed by atoms with Gasteiger partial charge < -0.3 is 16.0 Å². The quantitative estimate of drug-likeness (QED) is 0.517. The summed E-state index contributed by atoms with van der Waals surface area (Å²) in [5.41, 5.74) is 5.02. The van der Waals surface area contributed by atoms with Crippen LogP contribution >= 0.6 is 0 Å². The first-order chi connectivity index (χ1) is 15.8. The van der Waals surface area contributed by atoms with Crippen LogP contribution in [-0.2, 0) is 4.79 Å². The third-order valence-corrected chi connectivity index (χ3v) is 7.06. The van der Waals surface area contributed by atoms with Crippen LogP contribution in [0.1, 0.15) is 50.6 Å². The van der Waals surface area contributed by atoms with Gasteiger partial charge in [-0.1, -0.05) is 25.0 Å². The average Bonchev–Trinajstić information content (AvgIpc) is 3.16. The van der Waals surface area contributed by atoms with E-state index in [1.807, 2.05) is 12.1 Å². The van der Waals surface area contributed by atoms with Crippen molar-refractivity contribution in [1.82, 2.24) is 21.1 Å². The lowest BCUT2D eigenvalue weighted by Crippen LogP contribution is -2.54. The molecule has 33 heavy (non-hydrogen) atoms. The number of rotatable bonds is 6. The average molecular weight is 465 g/mol. The highest BCUT2D eigenvalue weighted by molar-refractivity contribution is 5.82. The molecule has 1 aliphatic carbocycles. The van der Waals surface area contributed by atoms with Crippen molar-refractivity contribution in [2.45, 2.75) is 69.5 Å². The van der Waals surface area contributed by atoms with Gasteiger partial charge in [-0.2, -0.15) is 18.4 Å². The molecule has 1 saturated carbocycles. The van der Waals surface area contributed by atoms with Crippen molar-refractivity contribution in [3.8, 4) is 6.07 Å². The zero-order valence-corrected chi connectivity index (χ0v) is 18.7. The van der Waals surface area contributed by atoms with Crippen molar-refractivity contribution in [3.05, 3.63) is 29.8 Å². The highest BCUT2D eigenvalue weighted by Gasteiger charge is 2.51. The molecule has 7 nitrogen and oxygen atoms in total. The number of piperidine rings is 1. The zero-order chi connectivity index (χ0) is 23.6. The van der Waals surface area contributed by atoms with Crippen LogP contribution in [0.25, 0.3) is 0 Å². The van der Waals surface area contributed by atoms with Gasteiger partial charge >= 0.3 is 6.18 Å². The van der Waals surface area contributed by atoms with Gasteiger partial charge in [-0.3, -0.25) is 4.79 Å². The lowest BCUT2D eigenvalue weighted by atomic mass is 9.83. The van der Waals surface area contributed by atoms with Crippen LogP contribution in [0.15, 0.2) is 24.3 Å². The molecule has 3 unspecified atom stereocenters. The largest absolute Gasteiger partial charge is 0.401 e. The van der Waals surface area contributed by atoms with E-state index in [1.54, 1.807) is 19.1 Å². The molecule has 3 aliphatic rings. The van der Waals surface area contributed by atoms with Crippen LogP contribution in [-0.4, -0.2) is 48.4 Å². The number of anilines is 1. The minimum Gasteiger partial charge on any atom is -0.368 e. The van der Waals surface area contributed by atoms with E-state index in [9.17, 15) is 23.2 Å². The fourth-order valence-corrected chi connectivity index (χ4v) is 5.33. The maximum atomic E-state index is 12.8. The summed E-state index contributed by atoms with van der Waals surface area (Å²) in [7, 11) is 0. The van der Waals surface area contributed by atoms with Crippen LogP contribution < -0.4 is 21.4 Å². The number of nitrogens with zero attached hydrogens (tertiary/aromatic N) is 2. The summed E-state index contributed by atoms with van der Waals surface area (Å²) in [6.45, 7) is 1.27. The number of alkyl halides is 3.